The summed E-state index contributed by atoms with van der Waals surface area (Å²) in [6.07, 6.45) is 3.23. The second-order valence-electron chi connectivity index (χ2n) is 4.43. The van der Waals surface area contributed by atoms with Crippen molar-refractivity contribution in [1.29, 1.82) is 0 Å². The third-order valence-corrected chi connectivity index (χ3v) is 4.90. The van der Waals surface area contributed by atoms with Crippen molar-refractivity contribution in [3.8, 4) is 0 Å². The molecule has 0 aromatic heterocycles. The van der Waals surface area contributed by atoms with Gasteiger partial charge in [0.1, 0.15) is 0 Å². The summed E-state index contributed by atoms with van der Waals surface area (Å²) in [5.74, 6) is -1.30. The lowest BCUT2D eigenvalue weighted by molar-refractivity contribution is -0.137. The molecule has 0 aromatic rings. The number of methoxy groups -OCH3 is 1. The monoisotopic (exact) mass is 278 g/mol. The summed E-state index contributed by atoms with van der Waals surface area (Å²) in [4.78, 5) is 11.1. The van der Waals surface area contributed by atoms with Gasteiger partial charge in [-0.15, -0.1) is 0 Å². The first-order valence-electron chi connectivity index (χ1n) is 6.27. The van der Waals surface area contributed by atoms with Crippen LogP contribution in [-0.4, -0.2) is 57.2 Å². The minimum absolute atomic E-state index is 0.186. The van der Waals surface area contributed by atoms with Gasteiger partial charge in [0.25, 0.3) is 0 Å². The normalized spacial score (nSPS) is 20.9. The van der Waals surface area contributed by atoms with Crippen LogP contribution in [0.4, 0.5) is 0 Å². The average Bonchev–Trinajstić information content (AvgIpc) is 2.36. The maximum Gasteiger partial charge on any atom is 0.322 e. The Kier molecular flexibility index (Phi) is 6.04. The van der Waals surface area contributed by atoms with E-state index in [9.17, 15) is 13.2 Å². The third kappa shape index (κ3) is 4.55. The van der Waals surface area contributed by atoms with Crippen molar-refractivity contribution < 1.29 is 17.9 Å². The molecule has 1 saturated heterocycles. The molecule has 0 aliphatic carbocycles. The highest BCUT2D eigenvalue weighted by molar-refractivity contribution is 7.89. The van der Waals surface area contributed by atoms with Gasteiger partial charge in [0.05, 0.1) is 7.11 Å². The van der Waals surface area contributed by atoms with E-state index in [-0.39, 0.29) is 6.04 Å². The lowest BCUT2D eigenvalue weighted by Crippen LogP contribution is -2.46. The van der Waals surface area contributed by atoms with Crippen molar-refractivity contribution in [2.24, 2.45) is 0 Å². The molecule has 0 bridgehead atoms. The number of likely N-dealkylation sites (N-methyl/N-ethyl adjacent to an activating group) is 1. The molecule has 6 nitrogen and oxygen atoms in total. The molecule has 0 saturated carbocycles. The van der Waals surface area contributed by atoms with Crippen LogP contribution >= 0.6 is 0 Å². The van der Waals surface area contributed by atoms with E-state index in [1.807, 2.05) is 0 Å². The van der Waals surface area contributed by atoms with Crippen LogP contribution in [0.25, 0.3) is 0 Å². The van der Waals surface area contributed by atoms with Gasteiger partial charge in [0.15, 0.2) is 5.75 Å². The molecule has 0 spiro atoms. The Balaban J connectivity index is 2.60. The third-order valence-electron chi connectivity index (χ3n) is 3.11. The van der Waals surface area contributed by atoms with Gasteiger partial charge in [-0.05, 0) is 19.4 Å². The predicted molar refractivity (Wildman–Crippen MR) is 68.7 cm³/mol. The van der Waals surface area contributed by atoms with Gasteiger partial charge in [0, 0.05) is 19.1 Å². The summed E-state index contributed by atoms with van der Waals surface area (Å²) in [7, 11) is -2.37. The first-order chi connectivity index (χ1) is 8.49. The quantitative estimate of drug-likeness (QED) is 0.690. The topological polar surface area (TPSA) is 75.7 Å². The summed E-state index contributed by atoms with van der Waals surface area (Å²) in [6, 6.07) is 0.186. The molecule has 7 heteroatoms. The largest absolute Gasteiger partial charge is 0.468 e. The Morgan fingerprint density at radius 2 is 2.17 bits per heavy atom. The highest BCUT2D eigenvalue weighted by Gasteiger charge is 2.27. The fourth-order valence-corrected chi connectivity index (χ4v) is 3.46. The molecule has 106 valence electrons. The fraction of sp³-hybridized carbons (Fsp3) is 0.909. The van der Waals surface area contributed by atoms with Crippen LogP contribution in [0.1, 0.15) is 26.2 Å². The number of ether oxygens (including phenoxy) is 1. The summed E-state index contributed by atoms with van der Waals surface area (Å²) in [5.41, 5.74) is 0. The van der Waals surface area contributed by atoms with Gasteiger partial charge in [-0.1, -0.05) is 13.3 Å². The summed E-state index contributed by atoms with van der Waals surface area (Å²) < 4.78 is 29.8. The predicted octanol–water partition coefficient (Wildman–Crippen LogP) is -0.0468. The Bertz CT molecular complexity index is 363. The average molecular weight is 278 g/mol. The molecule has 1 rings (SSSR count). The zero-order valence-electron chi connectivity index (χ0n) is 11.0. The minimum atomic E-state index is -3.56. The lowest BCUT2D eigenvalue weighted by Gasteiger charge is -2.29. The molecule has 1 unspecified atom stereocenters. The second kappa shape index (κ2) is 7.06. The number of carbonyl (C=O) groups excluding carboxylic acids is 1. The number of piperidine rings is 1. The molecule has 1 aliphatic heterocycles. The van der Waals surface area contributed by atoms with E-state index in [0.29, 0.717) is 13.1 Å². The molecule has 0 amide bonds. The molecule has 1 fully saturated rings. The van der Waals surface area contributed by atoms with Crippen molar-refractivity contribution in [2.45, 2.75) is 32.2 Å². The fourth-order valence-electron chi connectivity index (χ4n) is 2.06. The van der Waals surface area contributed by atoms with Gasteiger partial charge in [-0.2, -0.15) is 0 Å². The molecule has 1 aliphatic rings. The van der Waals surface area contributed by atoms with Gasteiger partial charge in [-0.25, -0.2) is 12.7 Å². The van der Waals surface area contributed by atoms with Crippen LogP contribution in [-0.2, 0) is 19.6 Å². The molecule has 1 N–H and O–H groups in total. The Morgan fingerprint density at radius 3 is 2.67 bits per heavy atom. The second-order valence-corrected chi connectivity index (χ2v) is 6.40. The number of sulfonamides is 1. The molecule has 1 atom stereocenters. The highest BCUT2D eigenvalue weighted by Crippen LogP contribution is 2.11. The molecule has 1 heterocycles. The Hall–Kier alpha value is -0.660. The summed E-state index contributed by atoms with van der Waals surface area (Å²) >= 11 is 0. The van der Waals surface area contributed by atoms with E-state index >= 15 is 0 Å². The zero-order chi connectivity index (χ0) is 13.6. The maximum absolute atomic E-state index is 12.0. The van der Waals surface area contributed by atoms with E-state index in [1.54, 1.807) is 6.92 Å². The van der Waals surface area contributed by atoms with Crippen LogP contribution in [0, 0.1) is 0 Å². The standard InChI is InChI=1S/C11H22N2O4S/c1-3-13(8-10-6-4-5-7-12-10)18(15,16)9-11(14)17-2/h10,12H,3-9H2,1-2H3. The van der Waals surface area contributed by atoms with Crippen molar-refractivity contribution in [3.63, 3.8) is 0 Å². The minimum Gasteiger partial charge on any atom is -0.468 e. The molecule has 0 radical (unpaired) electrons. The van der Waals surface area contributed by atoms with E-state index in [4.69, 9.17) is 0 Å². The van der Waals surface area contributed by atoms with E-state index in [2.05, 4.69) is 10.1 Å². The number of nitrogens with one attached hydrogen (secondary N) is 1. The smallest absolute Gasteiger partial charge is 0.322 e. The number of rotatable bonds is 6. The summed E-state index contributed by atoms with van der Waals surface area (Å²) in [6.45, 7) is 3.50. The van der Waals surface area contributed by atoms with Crippen LogP contribution in [0.3, 0.4) is 0 Å². The van der Waals surface area contributed by atoms with Crippen LogP contribution < -0.4 is 5.32 Å². The van der Waals surface area contributed by atoms with Gasteiger partial charge in [0.2, 0.25) is 10.0 Å². The number of esters is 1. The van der Waals surface area contributed by atoms with Crippen molar-refractivity contribution in [2.75, 3.05) is 32.5 Å². The van der Waals surface area contributed by atoms with E-state index in [0.717, 1.165) is 25.8 Å². The van der Waals surface area contributed by atoms with Crippen LogP contribution in [0.15, 0.2) is 0 Å². The van der Waals surface area contributed by atoms with Gasteiger partial charge >= 0.3 is 5.97 Å². The van der Waals surface area contributed by atoms with E-state index < -0.39 is 21.7 Å². The SMILES string of the molecule is CCN(CC1CCCCN1)S(=O)(=O)CC(=O)OC. The zero-order valence-corrected chi connectivity index (χ0v) is 11.8. The van der Waals surface area contributed by atoms with E-state index in [1.165, 1.54) is 11.4 Å². The van der Waals surface area contributed by atoms with Crippen LogP contribution in [0.5, 0.6) is 0 Å². The van der Waals surface area contributed by atoms with Crippen LogP contribution in [0.2, 0.25) is 0 Å². The lowest BCUT2D eigenvalue weighted by atomic mass is 10.1. The number of hydrogen-bond acceptors (Lipinski definition) is 5. The van der Waals surface area contributed by atoms with Crippen molar-refractivity contribution in [1.82, 2.24) is 9.62 Å². The number of hydrogen-bond donors (Lipinski definition) is 1. The molecular weight excluding hydrogens is 256 g/mol. The number of nitrogens with zero attached hydrogens (tertiary/aromatic N) is 1. The molecular formula is C11H22N2O4S. The molecule has 18 heavy (non-hydrogen) atoms. The number of carbonyl (C=O) groups is 1. The molecule has 0 aromatic carbocycles. The van der Waals surface area contributed by atoms with Gasteiger partial charge in [-0.3, -0.25) is 4.79 Å². The van der Waals surface area contributed by atoms with Crippen molar-refractivity contribution >= 4 is 16.0 Å². The van der Waals surface area contributed by atoms with Crippen molar-refractivity contribution in [3.05, 3.63) is 0 Å². The highest BCUT2D eigenvalue weighted by atomic mass is 32.2. The first-order valence-corrected chi connectivity index (χ1v) is 7.88. The summed E-state index contributed by atoms with van der Waals surface area (Å²) in [5, 5.41) is 3.30. The first kappa shape index (κ1) is 15.4. The maximum atomic E-state index is 12.0. The Labute approximate surface area is 109 Å². The van der Waals surface area contributed by atoms with Gasteiger partial charge < -0.3 is 10.1 Å². The Morgan fingerprint density at radius 1 is 1.44 bits per heavy atom.